The Morgan fingerprint density at radius 2 is 1.37 bits per heavy atom. The van der Waals surface area contributed by atoms with Crippen molar-refractivity contribution in [3.05, 3.63) is 29.3 Å². The molecule has 0 bridgehead atoms. The van der Waals surface area contributed by atoms with E-state index in [1.165, 1.54) is 24.3 Å². The van der Waals surface area contributed by atoms with Crippen LogP contribution >= 0.6 is 11.3 Å². The number of para-hydroxylation sites is 1. The van der Waals surface area contributed by atoms with Gasteiger partial charge in [-0.3, -0.25) is 0 Å². The fraction of sp³-hybridized carbons (Fsp3) is 0.300. The van der Waals surface area contributed by atoms with E-state index in [2.05, 4.69) is 4.98 Å². The van der Waals surface area contributed by atoms with Gasteiger partial charge in [-0.05, 0) is 12.1 Å². The highest BCUT2D eigenvalue weighted by molar-refractivity contribution is 7.18. The fourth-order valence-corrected chi connectivity index (χ4v) is 2.51. The van der Waals surface area contributed by atoms with Crippen molar-refractivity contribution in [2.75, 3.05) is 0 Å². The quantitative estimate of drug-likeness (QED) is 0.702. The molecule has 0 atom stereocenters. The highest BCUT2D eigenvalue weighted by Crippen LogP contribution is 2.54. The second-order valence-electron chi connectivity index (χ2n) is 3.64. The molecule has 1 aromatic carbocycles. The van der Waals surface area contributed by atoms with E-state index in [0.717, 1.165) is 0 Å². The van der Waals surface area contributed by atoms with Crippen LogP contribution in [-0.2, 0) is 5.67 Å². The molecule has 0 radical (unpaired) electrons. The van der Waals surface area contributed by atoms with Gasteiger partial charge >= 0.3 is 18.0 Å². The van der Waals surface area contributed by atoms with Crippen LogP contribution in [0.25, 0.3) is 10.2 Å². The average molecular weight is 303 g/mol. The average Bonchev–Trinajstić information content (AvgIpc) is 2.68. The first-order chi connectivity index (χ1) is 8.57. The number of halogens is 7. The molecule has 1 nitrogen and oxygen atoms in total. The SMILES string of the molecule is FC(F)(F)C(F)(c1nc2ccccc2s1)C(F)(F)F. The predicted molar refractivity (Wildman–Crippen MR) is 54.5 cm³/mol. The van der Waals surface area contributed by atoms with Crippen molar-refractivity contribution < 1.29 is 30.7 Å². The van der Waals surface area contributed by atoms with E-state index in [9.17, 15) is 30.7 Å². The lowest BCUT2D eigenvalue weighted by atomic mass is 10.1. The summed E-state index contributed by atoms with van der Waals surface area (Å²) in [5.41, 5.74) is -5.57. The van der Waals surface area contributed by atoms with Crippen LogP contribution in [0.15, 0.2) is 24.3 Å². The Morgan fingerprint density at radius 3 is 1.84 bits per heavy atom. The van der Waals surface area contributed by atoms with Gasteiger partial charge in [0.25, 0.3) is 0 Å². The van der Waals surface area contributed by atoms with E-state index >= 15 is 0 Å². The van der Waals surface area contributed by atoms with Crippen LogP contribution in [0.1, 0.15) is 5.01 Å². The van der Waals surface area contributed by atoms with Crippen molar-refractivity contribution in [2.45, 2.75) is 18.0 Å². The van der Waals surface area contributed by atoms with E-state index in [1.54, 1.807) is 0 Å². The second-order valence-corrected chi connectivity index (χ2v) is 4.67. The van der Waals surface area contributed by atoms with Gasteiger partial charge in [0.15, 0.2) is 5.01 Å². The molecule has 2 rings (SSSR count). The van der Waals surface area contributed by atoms with Gasteiger partial charge in [0.1, 0.15) is 0 Å². The zero-order valence-electron chi connectivity index (χ0n) is 8.81. The molecule has 0 saturated heterocycles. The third-order valence-electron chi connectivity index (χ3n) is 2.37. The molecule has 1 aromatic heterocycles. The van der Waals surface area contributed by atoms with Crippen LogP contribution in [0.2, 0.25) is 0 Å². The van der Waals surface area contributed by atoms with Gasteiger partial charge in [0.2, 0.25) is 0 Å². The van der Waals surface area contributed by atoms with Gasteiger partial charge in [-0.25, -0.2) is 9.37 Å². The summed E-state index contributed by atoms with van der Waals surface area (Å²) in [4.78, 5) is 3.12. The van der Waals surface area contributed by atoms with Gasteiger partial charge in [-0.15, -0.1) is 11.3 Å². The van der Waals surface area contributed by atoms with E-state index in [0.29, 0.717) is 0 Å². The molecule has 0 N–H and O–H groups in total. The topological polar surface area (TPSA) is 12.9 Å². The minimum atomic E-state index is -6.13. The van der Waals surface area contributed by atoms with Gasteiger partial charge in [0, 0.05) is 0 Å². The number of benzene rings is 1. The highest BCUT2D eigenvalue weighted by Gasteiger charge is 2.75. The largest absolute Gasteiger partial charge is 0.438 e. The van der Waals surface area contributed by atoms with Gasteiger partial charge in [-0.2, -0.15) is 26.3 Å². The smallest absolute Gasteiger partial charge is 0.237 e. The van der Waals surface area contributed by atoms with Gasteiger partial charge < -0.3 is 0 Å². The van der Waals surface area contributed by atoms with Crippen molar-refractivity contribution in [2.24, 2.45) is 0 Å². The minimum Gasteiger partial charge on any atom is -0.237 e. The molecule has 104 valence electrons. The van der Waals surface area contributed by atoms with E-state index in [-0.39, 0.29) is 21.6 Å². The number of hydrogen-bond donors (Lipinski definition) is 0. The van der Waals surface area contributed by atoms with Crippen LogP contribution in [-0.4, -0.2) is 17.3 Å². The number of thiazole rings is 1. The number of aromatic nitrogens is 1. The van der Waals surface area contributed by atoms with Crippen molar-refractivity contribution in [1.29, 1.82) is 0 Å². The van der Waals surface area contributed by atoms with Crippen LogP contribution < -0.4 is 0 Å². The van der Waals surface area contributed by atoms with E-state index < -0.39 is 23.0 Å². The molecule has 0 fully saturated rings. The summed E-state index contributed by atoms with van der Waals surface area (Å²) in [7, 11) is 0. The zero-order chi connectivity index (χ0) is 14.5. The maximum atomic E-state index is 13.7. The van der Waals surface area contributed by atoms with Gasteiger partial charge in [-0.1, -0.05) is 12.1 Å². The Hall–Kier alpha value is -1.38. The minimum absolute atomic E-state index is 0.0319. The lowest BCUT2D eigenvalue weighted by Gasteiger charge is -2.27. The lowest BCUT2D eigenvalue weighted by molar-refractivity contribution is -0.348. The summed E-state index contributed by atoms with van der Waals surface area (Å²) in [6.07, 6.45) is -12.3. The second kappa shape index (κ2) is 4.06. The Labute approximate surface area is 105 Å². The van der Waals surface area contributed by atoms with Crippen LogP contribution in [0.4, 0.5) is 30.7 Å². The Balaban J connectivity index is 2.69. The molecule has 1 heterocycles. The molecule has 0 amide bonds. The molecular weight excluding hydrogens is 299 g/mol. The van der Waals surface area contributed by atoms with Crippen LogP contribution in [0.5, 0.6) is 0 Å². The third kappa shape index (κ3) is 2.05. The highest BCUT2D eigenvalue weighted by atomic mass is 32.1. The number of alkyl halides is 7. The van der Waals surface area contributed by atoms with Crippen molar-refractivity contribution in [3.63, 3.8) is 0 Å². The first kappa shape index (κ1) is 14.0. The summed E-state index contributed by atoms with van der Waals surface area (Å²) in [5.74, 6) is 0. The van der Waals surface area contributed by atoms with E-state index in [1.807, 2.05) is 0 Å². The summed E-state index contributed by atoms with van der Waals surface area (Å²) in [5, 5.41) is -1.66. The lowest BCUT2D eigenvalue weighted by Crippen LogP contribution is -2.50. The number of hydrogen-bond acceptors (Lipinski definition) is 2. The Morgan fingerprint density at radius 1 is 0.842 bits per heavy atom. The fourth-order valence-electron chi connectivity index (χ4n) is 1.42. The molecule has 19 heavy (non-hydrogen) atoms. The molecule has 9 heteroatoms. The predicted octanol–water partition coefficient (Wildman–Crippen LogP) is 4.59. The molecule has 2 aromatic rings. The number of fused-ring (bicyclic) bond motifs is 1. The molecule has 0 aliphatic carbocycles. The molecule has 0 saturated carbocycles. The molecule has 0 aliphatic heterocycles. The Bertz CT molecular complexity index is 551. The van der Waals surface area contributed by atoms with Crippen molar-refractivity contribution >= 4 is 21.6 Å². The van der Waals surface area contributed by atoms with Crippen molar-refractivity contribution in [1.82, 2.24) is 4.98 Å². The molecule has 0 spiro atoms. The van der Waals surface area contributed by atoms with E-state index in [4.69, 9.17) is 0 Å². The van der Waals surface area contributed by atoms with Crippen LogP contribution in [0.3, 0.4) is 0 Å². The Kier molecular flexibility index (Phi) is 3.00. The first-order valence-corrected chi connectivity index (χ1v) is 5.57. The first-order valence-electron chi connectivity index (χ1n) is 4.76. The zero-order valence-corrected chi connectivity index (χ0v) is 9.63. The summed E-state index contributed by atoms with van der Waals surface area (Å²) >= 11 is 0.0319. The van der Waals surface area contributed by atoms with Crippen molar-refractivity contribution in [3.8, 4) is 0 Å². The summed E-state index contributed by atoms with van der Waals surface area (Å²) in [6.45, 7) is 0. The monoisotopic (exact) mass is 303 g/mol. The summed E-state index contributed by atoms with van der Waals surface area (Å²) < 4.78 is 88.6. The standard InChI is InChI=1S/C10H4F7NS/c11-8(9(12,13)14,10(15,16)17)7-18-5-3-1-2-4-6(5)19-7/h1-4H. The number of nitrogens with zero attached hydrogens (tertiary/aromatic N) is 1. The molecule has 0 unspecified atom stereocenters. The normalized spacial score (nSPS) is 14.1. The maximum Gasteiger partial charge on any atom is 0.438 e. The number of rotatable bonds is 1. The molecule has 0 aliphatic rings. The van der Waals surface area contributed by atoms with Crippen LogP contribution in [0, 0.1) is 0 Å². The van der Waals surface area contributed by atoms with Gasteiger partial charge in [0.05, 0.1) is 10.2 Å². The third-order valence-corrected chi connectivity index (χ3v) is 3.50. The summed E-state index contributed by atoms with van der Waals surface area (Å²) in [6, 6.07) is 5.27. The maximum absolute atomic E-state index is 13.7. The molecular formula is C10H4F7NS.